The van der Waals surface area contributed by atoms with E-state index in [1.165, 1.54) is 0 Å². The molecule has 1 N–H and O–H groups in total. The third-order valence-electron chi connectivity index (χ3n) is 0.852. The molecule has 0 rings (SSSR count). The third kappa shape index (κ3) is 6.18. The molecule has 0 radical (unpaired) electrons. The van der Waals surface area contributed by atoms with Gasteiger partial charge in [0.1, 0.15) is 0 Å². The molecule has 9 heavy (non-hydrogen) atoms. The van der Waals surface area contributed by atoms with Crippen LogP contribution in [0.1, 0.15) is 6.92 Å². The Morgan fingerprint density at radius 1 is 1.56 bits per heavy atom. The lowest BCUT2D eigenvalue weighted by atomic mass is 10.4. The van der Waals surface area contributed by atoms with Crippen LogP contribution in [0, 0.1) is 0 Å². The van der Waals surface area contributed by atoms with Crippen LogP contribution < -0.4 is 5.32 Å². The second-order valence-electron chi connectivity index (χ2n) is 1.85. The summed E-state index contributed by atoms with van der Waals surface area (Å²) in [5, 5.41) is 3.34. The van der Waals surface area contributed by atoms with Gasteiger partial charge in [0.15, 0.2) is 0 Å². The summed E-state index contributed by atoms with van der Waals surface area (Å²) in [5.41, 5.74) is 0. The molecule has 0 heterocycles. The second kappa shape index (κ2) is 5.11. The van der Waals surface area contributed by atoms with E-state index >= 15 is 0 Å². The molecule has 1 nitrogen and oxygen atoms in total. The fraction of sp³-hybridized carbons (Fsp3) is 1.00. The first-order valence-electron chi connectivity index (χ1n) is 2.74. The van der Waals surface area contributed by atoms with Crippen LogP contribution in [0.15, 0.2) is 0 Å². The molecular formula is C5H10BrF2N. The zero-order valence-corrected chi connectivity index (χ0v) is 6.79. The van der Waals surface area contributed by atoms with Crippen molar-refractivity contribution in [3.63, 3.8) is 0 Å². The summed E-state index contributed by atoms with van der Waals surface area (Å²) in [6.45, 7) is 1.63. The van der Waals surface area contributed by atoms with Gasteiger partial charge in [0.2, 0.25) is 0 Å². The SMILES string of the molecule is CC(CBr)NCC(F)F. The van der Waals surface area contributed by atoms with Crippen molar-refractivity contribution in [2.75, 3.05) is 11.9 Å². The highest BCUT2D eigenvalue weighted by Gasteiger charge is 2.03. The van der Waals surface area contributed by atoms with Crippen molar-refractivity contribution in [2.45, 2.75) is 19.4 Å². The average Bonchev–Trinajstić information content (AvgIpc) is 1.83. The van der Waals surface area contributed by atoms with Crippen LogP contribution in [-0.4, -0.2) is 24.3 Å². The van der Waals surface area contributed by atoms with Crippen molar-refractivity contribution in [1.82, 2.24) is 5.32 Å². The first-order chi connectivity index (χ1) is 4.16. The third-order valence-corrected chi connectivity index (χ3v) is 1.82. The Kier molecular flexibility index (Phi) is 5.28. The Labute approximate surface area is 61.9 Å². The van der Waals surface area contributed by atoms with Crippen LogP contribution in [0.4, 0.5) is 8.78 Å². The van der Waals surface area contributed by atoms with Gasteiger partial charge in [-0.2, -0.15) is 0 Å². The average molecular weight is 202 g/mol. The van der Waals surface area contributed by atoms with E-state index in [0.717, 1.165) is 0 Å². The molecule has 1 atom stereocenters. The zero-order chi connectivity index (χ0) is 7.28. The highest BCUT2D eigenvalue weighted by atomic mass is 79.9. The van der Waals surface area contributed by atoms with Gasteiger partial charge in [-0.1, -0.05) is 15.9 Å². The maximum absolute atomic E-state index is 11.5. The molecule has 0 amide bonds. The topological polar surface area (TPSA) is 12.0 Å². The molecular weight excluding hydrogens is 192 g/mol. The van der Waals surface area contributed by atoms with Gasteiger partial charge in [0, 0.05) is 11.4 Å². The monoisotopic (exact) mass is 201 g/mol. The Morgan fingerprint density at radius 3 is 2.44 bits per heavy atom. The van der Waals surface area contributed by atoms with Crippen molar-refractivity contribution in [2.24, 2.45) is 0 Å². The number of hydrogen-bond donors (Lipinski definition) is 1. The molecule has 0 aromatic carbocycles. The van der Waals surface area contributed by atoms with E-state index in [4.69, 9.17) is 0 Å². The molecule has 0 aliphatic rings. The standard InChI is InChI=1S/C5H10BrF2N/c1-4(2-6)9-3-5(7)8/h4-5,9H,2-3H2,1H3. The fourth-order valence-electron chi connectivity index (χ4n) is 0.345. The van der Waals surface area contributed by atoms with Crippen molar-refractivity contribution >= 4 is 15.9 Å². The van der Waals surface area contributed by atoms with Crippen molar-refractivity contribution in [3.05, 3.63) is 0 Å². The predicted octanol–water partition coefficient (Wildman–Crippen LogP) is 1.62. The van der Waals surface area contributed by atoms with E-state index < -0.39 is 6.43 Å². The summed E-state index contributed by atoms with van der Waals surface area (Å²) >= 11 is 3.16. The van der Waals surface area contributed by atoms with Crippen molar-refractivity contribution in [1.29, 1.82) is 0 Å². The van der Waals surface area contributed by atoms with Gasteiger partial charge in [0.05, 0.1) is 6.54 Å². The van der Waals surface area contributed by atoms with E-state index in [1.807, 2.05) is 6.92 Å². The highest BCUT2D eigenvalue weighted by Crippen LogP contribution is 1.92. The zero-order valence-electron chi connectivity index (χ0n) is 5.20. The van der Waals surface area contributed by atoms with Crippen LogP contribution in [0.5, 0.6) is 0 Å². The molecule has 0 aliphatic heterocycles. The van der Waals surface area contributed by atoms with Crippen LogP contribution in [0.2, 0.25) is 0 Å². The Balaban J connectivity index is 3.06. The molecule has 0 aromatic rings. The van der Waals surface area contributed by atoms with E-state index in [1.54, 1.807) is 0 Å². The fourth-order valence-corrected chi connectivity index (χ4v) is 0.574. The van der Waals surface area contributed by atoms with E-state index in [2.05, 4.69) is 21.2 Å². The molecule has 0 fully saturated rings. The lowest BCUT2D eigenvalue weighted by Gasteiger charge is -2.08. The van der Waals surface area contributed by atoms with Crippen LogP contribution in [0.3, 0.4) is 0 Å². The quantitative estimate of drug-likeness (QED) is 0.683. The summed E-state index contributed by atoms with van der Waals surface area (Å²) in [7, 11) is 0. The first-order valence-corrected chi connectivity index (χ1v) is 3.86. The summed E-state index contributed by atoms with van der Waals surface area (Å²) in [6, 6.07) is 0.124. The summed E-state index contributed by atoms with van der Waals surface area (Å²) in [4.78, 5) is 0. The van der Waals surface area contributed by atoms with Gasteiger partial charge >= 0.3 is 0 Å². The molecule has 56 valence electrons. The van der Waals surface area contributed by atoms with E-state index in [9.17, 15) is 8.78 Å². The van der Waals surface area contributed by atoms with E-state index in [0.29, 0.717) is 5.33 Å². The number of alkyl halides is 3. The summed E-state index contributed by atoms with van der Waals surface area (Å²) < 4.78 is 22.9. The normalized spacial score (nSPS) is 14.3. The van der Waals surface area contributed by atoms with Gasteiger partial charge in [-0.15, -0.1) is 0 Å². The Morgan fingerprint density at radius 2 is 2.11 bits per heavy atom. The smallest absolute Gasteiger partial charge is 0.250 e. The molecule has 4 heteroatoms. The first kappa shape index (κ1) is 9.30. The minimum absolute atomic E-state index is 0.124. The minimum Gasteiger partial charge on any atom is -0.308 e. The van der Waals surface area contributed by atoms with Gasteiger partial charge in [-0.3, -0.25) is 0 Å². The van der Waals surface area contributed by atoms with Crippen molar-refractivity contribution in [3.8, 4) is 0 Å². The van der Waals surface area contributed by atoms with Gasteiger partial charge < -0.3 is 5.32 Å². The number of rotatable bonds is 4. The predicted molar refractivity (Wildman–Crippen MR) is 37.3 cm³/mol. The number of nitrogens with one attached hydrogen (secondary N) is 1. The maximum atomic E-state index is 11.5. The van der Waals surface area contributed by atoms with Crippen LogP contribution in [-0.2, 0) is 0 Å². The molecule has 1 unspecified atom stereocenters. The van der Waals surface area contributed by atoms with Gasteiger partial charge in [-0.05, 0) is 6.92 Å². The second-order valence-corrected chi connectivity index (χ2v) is 2.50. The molecule has 0 bridgehead atoms. The number of hydrogen-bond acceptors (Lipinski definition) is 1. The van der Waals surface area contributed by atoms with Crippen LogP contribution in [0.25, 0.3) is 0 Å². The van der Waals surface area contributed by atoms with Gasteiger partial charge in [0.25, 0.3) is 6.43 Å². The Bertz CT molecular complexity index is 70.0. The lowest BCUT2D eigenvalue weighted by molar-refractivity contribution is 0.143. The van der Waals surface area contributed by atoms with Gasteiger partial charge in [-0.25, -0.2) is 8.78 Å². The maximum Gasteiger partial charge on any atom is 0.250 e. The minimum atomic E-state index is -2.24. The van der Waals surface area contributed by atoms with Crippen LogP contribution >= 0.6 is 15.9 Å². The molecule has 0 saturated heterocycles. The summed E-state index contributed by atoms with van der Waals surface area (Å²) in [5.74, 6) is 0. The molecule has 0 aromatic heterocycles. The molecule has 0 aliphatic carbocycles. The summed E-state index contributed by atoms with van der Waals surface area (Å²) in [6.07, 6.45) is -2.24. The largest absolute Gasteiger partial charge is 0.308 e. The number of halogens is 3. The molecule has 0 saturated carbocycles. The van der Waals surface area contributed by atoms with Crippen molar-refractivity contribution < 1.29 is 8.78 Å². The molecule has 0 spiro atoms. The van der Waals surface area contributed by atoms with E-state index in [-0.39, 0.29) is 12.6 Å². The highest BCUT2D eigenvalue weighted by molar-refractivity contribution is 9.09. The Hall–Kier alpha value is 0.300. The lowest BCUT2D eigenvalue weighted by Crippen LogP contribution is -2.31.